The summed E-state index contributed by atoms with van der Waals surface area (Å²) in [5.74, 6) is 0. The summed E-state index contributed by atoms with van der Waals surface area (Å²) in [5, 5.41) is 7.40. The Bertz CT molecular complexity index is 241. The highest BCUT2D eigenvalue weighted by molar-refractivity contribution is 6.09. The molecule has 0 fully saturated rings. The summed E-state index contributed by atoms with van der Waals surface area (Å²) < 4.78 is 0. The van der Waals surface area contributed by atoms with E-state index in [0.717, 1.165) is 5.57 Å². The third kappa shape index (κ3) is 1.32. The smallest absolute Gasteiger partial charge is 0.0612 e. The second-order valence-corrected chi connectivity index (χ2v) is 1.99. The zero-order valence-corrected chi connectivity index (χ0v) is 5.67. The van der Waals surface area contributed by atoms with E-state index in [0.29, 0.717) is 5.71 Å². The second kappa shape index (κ2) is 2.97. The number of hydrogen-bond acceptors (Lipinski definition) is 1. The fourth-order valence-corrected chi connectivity index (χ4v) is 0.769. The molecule has 50 valence electrons. The average molecular weight is 131 g/mol. The fourth-order valence-electron chi connectivity index (χ4n) is 0.769. The third-order valence-corrected chi connectivity index (χ3v) is 1.26. The maximum Gasteiger partial charge on any atom is 0.0612 e. The Balaban J connectivity index is 2.90. The van der Waals surface area contributed by atoms with Crippen LogP contribution in [0.25, 0.3) is 0 Å². The van der Waals surface area contributed by atoms with Crippen molar-refractivity contribution in [1.82, 2.24) is 0 Å². The Morgan fingerprint density at radius 1 is 1.30 bits per heavy atom. The molecule has 0 radical (unpaired) electrons. The van der Waals surface area contributed by atoms with Gasteiger partial charge in [0, 0.05) is 0 Å². The molecule has 0 saturated carbocycles. The number of nitrogens with one attached hydrogen (secondary N) is 1. The molecule has 0 aromatic heterocycles. The Morgan fingerprint density at radius 3 is 2.60 bits per heavy atom. The molecule has 0 aromatic carbocycles. The van der Waals surface area contributed by atoms with E-state index in [1.807, 2.05) is 24.3 Å². The Labute approximate surface area is 60.6 Å². The molecular weight excluding hydrogens is 122 g/mol. The summed E-state index contributed by atoms with van der Waals surface area (Å²) in [6, 6.07) is 0. The SMILES string of the molecule is C=C/C=C1/C=CC=CC1=N. The van der Waals surface area contributed by atoms with Crippen LogP contribution in [0.15, 0.2) is 48.6 Å². The van der Waals surface area contributed by atoms with Gasteiger partial charge < -0.3 is 5.41 Å². The van der Waals surface area contributed by atoms with Crippen molar-refractivity contribution in [1.29, 1.82) is 5.41 Å². The van der Waals surface area contributed by atoms with E-state index >= 15 is 0 Å². The molecule has 0 saturated heterocycles. The van der Waals surface area contributed by atoms with Crippen molar-refractivity contribution in [3.63, 3.8) is 0 Å². The predicted octanol–water partition coefficient (Wildman–Crippen LogP) is 2.24. The number of rotatable bonds is 1. The molecule has 0 unspecified atom stereocenters. The lowest BCUT2D eigenvalue weighted by atomic mass is 10.1. The van der Waals surface area contributed by atoms with Gasteiger partial charge in [-0.15, -0.1) is 0 Å². The van der Waals surface area contributed by atoms with E-state index in [1.165, 1.54) is 0 Å². The molecule has 1 aliphatic carbocycles. The zero-order chi connectivity index (χ0) is 7.40. The molecule has 1 nitrogen and oxygen atoms in total. The largest absolute Gasteiger partial charge is 0.300 e. The van der Waals surface area contributed by atoms with Gasteiger partial charge in [-0.2, -0.15) is 0 Å². The van der Waals surface area contributed by atoms with Gasteiger partial charge in [-0.05, 0) is 11.6 Å². The molecule has 1 rings (SSSR count). The lowest BCUT2D eigenvalue weighted by Crippen LogP contribution is -1.96. The molecule has 0 aliphatic heterocycles. The Morgan fingerprint density at radius 2 is 2.00 bits per heavy atom. The van der Waals surface area contributed by atoms with Gasteiger partial charge in [0.25, 0.3) is 0 Å². The van der Waals surface area contributed by atoms with Crippen molar-refractivity contribution in [3.8, 4) is 0 Å². The van der Waals surface area contributed by atoms with E-state index < -0.39 is 0 Å². The van der Waals surface area contributed by atoms with Gasteiger partial charge in [0.2, 0.25) is 0 Å². The topological polar surface area (TPSA) is 23.9 Å². The van der Waals surface area contributed by atoms with Crippen LogP contribution in [0.1, 0.15) is 0 Å². The first-order valence-electron chi connectivity index (χ1n) is 3.11. The standard InChI is InChI=1S/C9H9N/c1-2-5-8-6-3-4-7-9(8)10/h2-7,10H,1H2/b8-5-,10-9?. The Kier molecular flexibility index (Phi) is 2.00. The highest BCUT2D eigenvalue weighted by Gasteiger charge is 1.97. The monoisotopic (exact) mass is 131 g/mol. The van der Waals surface area contributed by atoms with Gasteiger partial charge in [0.1, 0.15) is 0 Å². The van der Waals surface area contributed by atoms with Gasteiger partial charge in [-0.25, -0.2) is 0 Å². The molecule has 10 heavy (non-hydrogen) atoms. The second-order valence-electron chi connectivity index (χ2n) is 1.99. The molecular formula is C9H9N. The van der Waals surface area contributed by atoms with E-state index in [4.69, 9.17) is 5.41 Å². The molecule has 0 heterocycles. The number of hydrogen-bond donors (Lipinski definition) is 1. The van der Waals surface area contributed by atoms with Crippen LogP contribution < -0.4 is 0 Å². The summed E-state index contributed by atoms with van der Waals surface area (Å²) in [7, 11) is 0. The number of allylic oxidation sites excluding steroid dienone is 7. The van der Waals surface area contributed by atoms with Gasteiger partial charge >= 0.3 is 0 Å². The lowest BCUT2D eigenvalue weighted by molar-refractivity contribution is 1.49. The molecule has 0 atom stereocenters. The third-order valence-electron chi connectivity index (χ3n) is 1.26. The van der Waals surface area contributed by atoms with Crippen LogP contribution in [-0.2, 0) is 0 Å². The van der Waals surface area contributed by atoms with Crippen LogP contribution in [-0.4, -0.2) is 5.71 Å². The van der Waals surface area contributed by atoms with Gasteiger partial charge in [0.05, 0.1) is 5.71 Å². The van der Waals surface area contributed by atoms with Crippen molar-refractivity contribution >= 4 is 5.71 Å². The van der Waals surface area contributed by atoms with Gasteiger partial charge in [0.15, 0.2) is 0 Å². The minimum Gasteiger partial charge on any atom is -0.300 e. The van der Waals surface area contributed by atoms with E-state index in [9.17, 15) is 0 Å². The average Bonchev–Trinajstić information content (AvgIpc) is 1.94. The normalized spacial score (nSPS) is 20.0. The van der Waals surface area contributed by atoms with Crippen LogP contribution in [0.2, 0.25) is 0 Å². The van der Waals surface area contributed by atoms with Crippen LogP contribution in [0.4, 0.5) is 0 Å². The summed E-state index contributed by atoms with van der Waals surface area (Å²) in [5.41, 5.74) is 1.46. The van der Waals surface area contributed by atoms with Gasteiger partial charge in [-0.1, -0.05) is 37.0 Å². The maximum atomic E-state index is 7.40. The molecule has 1 aliphatic rings. The summed E-state index contributed by atoms with van der Waals surface area (Å²) >= 11 is 0. The highest BCUT2D eigenvalue weighted by Crippen LogP contribution is 2.05. The van der Waals surface area contributed by atoms with Crippen LogP contribution >= 0.6 is 0 Å². The van der Waals surface area contributed by atoms with Crippen molar-refractivity contribution in [2.24, 2.45) is 0 Å². The van der Waals surface area contributed by atoms with Crippen molar-refractivity contribution in [3.05, 3.63) is 48.6 Å². The quantitative estimate of drug-likeness (QED) is 0.564. The van der Waals surface area contributed by atoms with Crippen molar-refractivity contribution in [2.75, 3.05) is 0 Å². The minimum atomic E-state index is 0.544. The van der Waals surface area contributed by atoms with E-state index in [-0.39, 0.29) is 0 Å². The van der Waals surface area contributed by atoms with Gasteiger partial charge in [-0.3, -0.25) is 0 Å². The molecule has 0 amide bonds. The minimum absolute atomic E-state index is 0.544. The fraction of sp³-hybridized carbons (Fsp3) is 0. The maximum absolute atomic E-state index is 7.40. The first-order chi connectivity index (χ1) is 4.84. The summed E-state index contributed by atoms with van der Waals surface area (Å²) in [4.78, 5) is 0. The van der Waals surface area contributed by atoms with Crippen LogP contribution in [0, 0.1) is 5.41 Å². The van der Waals surface area contributed by atoms with E-state index in [1.54, 1.807) is 12.2 Å². The summed E-state index contributed by atoms with van der Waals surface area (Å²) in [6.07, 6.45) is 10.9. The molecule has 0 bridgehead atoms. The molecule has 1 N–H and O–H groups in total. The molecule has 0 spiro atoms. The van der Waals surface area contributed by atoms with E-state index in [2.05, 4.69) is 6.58 Å². The highest BCUT2D eigenvalue weighted by atomic mass is 14.4. The first kappa shape index (κ1) is 6.75. The lowest BCUT2D eigenvalue weighted by Gasteiger charge is -2.00. The van der Waals surface area contributed by atoms with Crippen molar-refractivity contribution < 1.29 is 0 Å². The Hall–Kier alpha value is -1.37. The van der Waals surface area contributed by atoms with Crippen LogP contribution in [0.3, 0.4) is 0 Å². The summed E-state index contributed by atoms with van der Waals surface area (Å²) in [6.45, 7) is 3.56. The zero-order valence-electron chi connectivity index (χ0n) is 5.67. The van der Waals surface area contributed by atoms with Crippen molar-refractivity contribution in [2.45, 2.75) is 0 Å². The first-order valence-corrected chi connectivity index (χ1v) is 3.11. The molecule has 1 heteroatoms. The van der Waals surface area contributed by atoms with Crippen LogP contribution in [0.5, 0.6) is 0 Å². The predicted molar refractivity (Wildman–Crippen MR) is 44.3 cm³/mol. The molecule has 0 aromatic rings.